The molecule has 0 aromatic heterocycles. The highest BCUT2D eigenvalue weighted by molar-refractivity contribution is 5.71. The Morgan fingerprint density at radius 3 is 0.793 bits per heavy atom. The maximum Gasteiger partial charge on any atom is 0.306 e. The lowest BCUT2D eigenvalue weighted by Gasteiger charge is -2.18. The Morgan fingerprint density at radius 1 is 0.256 bits per heavy atom. The highest BCUT2D eigenvalue weighted by atomic mass is 16.6. The number of carbonyl (C=O) groups excluding carboxylic acids is 3. The zero-order valence-electron chi connectivity index (χ0n) is 53.2. The first-order chi connectivity index (χ1) is 40.5. The van der Waals surface area contributed by atoms with E-state index in [0.717, 1.165) is 128 Å². The molecule has 0 radical (unpaired) electrons. The fraction of sp³-hybridized carbons (Fsp3) is 0.645. The summed E-state index contributed by atoms with van der Waals surface area (Å²) in [4.78, 5) is 38.4. The van der Waals surface area contributed by atoms with Gasteiger partial charge in [-0.25, -0.2) is 0 Å². The maximum atomic E-state index is 12.9. The van der Waals surface area contributed by atoms with Crippen molar-refractivity contribution in [2.45, 2.75) is 303 Å². The Hall–Kier alpha value is -4.71. The number of esters is 3. The number of hydrogen-bond acceptors (Lipinski definition) is 6. The summed E-state index contributed by atoms with van der Waals surface area (Å²) in [5, 5.41) is 0. The smallest absolute Gasteiger partial charge is 0.306 e. The van der Waals surface area contributed by atoms with Crippen LogP contribution in [0.25, 0.3) is 0 Å². The van der Waals surface area contributed by atoms with Gasteiger partial charge < -0.3 is 14.2 Å². The molecule has 0 saturated carbocycles. The van der Waals surface area contributed by atoms with Crippen LogP contribution in [0.5, 0.6) is 0 Å². The van der Waals surface area contributed by atoms with Crippen molar-refractivity contribution in [1.29, 1.82) is 0 Å². The molecule has 0 heterocycles. The van der Waals surface area contributed by atoms with Gasteiger partial charge in [0, 0.05) is 19.3 Å². The fourth-order valence-corrected chi connectivity index (χ4v) is 9.11. The Bertz CT molecular complexity index is 1780. The number of carbonyl (C=O) groups is 3. The molecular weight excluding hydrogens is 1010 g/mol. The van der Waals surface area contributed by atoms with Crippen molar-refractivity contribution in [1.82, 2.24) is 0 Å². The van der Waals surface area contributed by atoms with E-state index in [1.165, 1.54) is 122 Å². The molecule has 82 heavy (non-hydrogen) atoms. The predicted molar refractivity (Wildman–Crippen MR) is 357 cm³/mol. The molecule has 464 valence electrons. The first-order valence-electron chi connectivity index (χ1n) is 33.8. The third kappa shape index (κ3) is 66.1. The highest BCUT2D eigenvalue weighted by Gasteiger charge is 2.19. The van der Waals surface area contributed by atoms with Crippen molar-refractivity contribution in [2.24, 2.45) is 0 Å². The van der Waals surface area contributed by atoms with Crippen LogP contribution in [0, 0.1) is 0 Å². The molecule has 0 aliphatic heterocycles. The van der Waals surface area contributed by atoms with Crippen LogP contribution in [-0.2, 0) is 28.6 Å². The monoisotopic (exact) mass is 1130 g/mol. The molecule has 0 fully saturated rings. The quantitative estimate of drug-likeness (QED) is 0.0261. The van der Waals surface area contributed by atoms with E-state index in [9.17, 15) is 14.4 Å². The molecule has 0 aromatic carbocycles. The third-order valence-electron chi connectivity index (χ3n) is 14.1. The summed E-state index contributed by atoms with van der Waals surface area (Å²) >= 11 is 0. The minimum Gasteiger partial charge on any atom is -0.462 e. The second kappa shape index (κ2) is 68.8. The van der Waals surface area contributed by atoms with Crippen LogP contribution in [0.2, 0.25) is 0 Å². The van der Waals surface area contributed by atoms with Crippen LogP contribution >= 0.6 is 0 Å². The van der Waals surface area contributed by atoms with E-state index < -0.39 is 6.10 Å². The van der Waals surface area contributed by atoms with E-state index in [-0.39, 0.29) is 37.5 Å². The Kier molecular flexibility index (Phi) is 64.8. The zero-order chi connectivity index (χ0) is 59.2. The average Bonchev–Trinajstić information content (AvgIpc) is 3.47. The lowest BCUT2D eigenvalue weighted by Crippen LogP contribution is -2.30. The number of rotatable bonds is 60. The van der Waals surface area contributed by atoms with Crippen LogP contribution in [0.4, 0.5) is 0 Å². The van der Waals surface area contributed by atoms with Crippen molar-refractivity contribution in [3.05, 3.63) is 146 Å². The second-order valence-corrected chi connectivity index (χ2v) is 22.0. The van der Waals surface area contributed by atoms with Crippen molar-refractivity contribution >= 4 is 17.9 Å². The van der Waals surface area contributed by atoms with Crippen molar-refractivity contribution < 1.29 is 28.6 Å². The van der Waals surface area contributed by atoms with E-state index in [4.69, 9.17) is 14.2 Å². The van der Waals surface area contributed by atoms with Gasteiger partial charge in [0.1, 0.15) is 13.2 Å². The average molecular weight is 1130 g/mol. The van der Waals surface area contributed by atoms with Crippen LogP contribution in [0.15, 0.2) is 146 Å². The summed E-state index contributed by atoms with van der Waals surface area (Å²) in [6.07, 6.45) is 98.6. The number of hydrogen-bond donors (Lipinski definition) is 0. The van der Waals surface area contributed by atoms with Crippen LogP contribution in [-0.4, -0.2) is 37.2 Å². The van der Waals surface area contributed by atoms with E-state index in [1.807, 2.05) is 0 Å². The van der Waals surface area contributed by atoms with Gasteiger partial charge >= 0.3 is 17.9 Å². The minimum atomic E-state index is -0.812. The molecule has 0 aromatic rings. The van der Waals surface area contributed by atoms with E-state index >= 15 is 0 Å². The van der Waals surface area contributed by atoms with E-state index in [0.29, 0.717) is 19.3 Å². The number of ether oxygens (including phenoxy) is 3. The van der Waals surface area contributed by atoms with E-state index in [1.54, 1.807) is 0 Å². The molecule has 0 spiro atoms. The van der Waals surface area contributed by atoms with Gasteiger partial charge in [0.05, 0.1) is 0 Å². The maximum absolute atomic E-state index is 12.9. The van der Waals surface area contributed by atoms with Gasteiger partial charge in [-0.2, -0.15) is 0 Å². The third-order valence-corrected chi connectivity index (χ3v) is 14.1. The summed E-state index contributed by atoms with van der Waals surface area (Å²) in [6, 6.07) is 0. The van der Waals surface area contributed by atoms with Gasteiger partial charge in [-0.3, -0.25) is 14.4 Å². The summed E-state index contributed by atoms with van der Waals surface area (Å²) in [5.41, 5.74) is 0. The molecule has 6 heteroatoms. The molecule has 0 aliphatic rings. The van der Waals surface area contributed by atoms with Crippen molar-refractivity contribution in [3.63, 3.8) is 0 Å². The number of allylic oxidation sites excluding steroid dienone is 24. The van der Waals surface area contributed by atoms with Gasteiger partial charge in [-0.15, -0.1) is 0 Å². The molecule has 0 bridgehead atoms. The first kappa shape index (κ1) is 77.3. The molecule has 1 unspecified atom stereocenters. The van der Waals surface area contributed by atoms with Crippen molar-refractivity contribution in [2.75, 3.05) is 13.2 Å². The lowest BCUT2D eigenvalue weighted by atomic mass is 10.0. The summed E-state index contributed by atoms with van der Waals surface area (Å²) < 4.78 is 16.9. The molecule has 0 amide bonds. The normalized spacial score (nSPS) is 13.1. The van der Waals surface area contributed by atoms with Gasteiger partial charge in [0.25, 0.3) is 0 Å². The summed E-state index contributed by atoms with van der Waals surface area (Å²) in [6.45, 7) is 6.38. The molecule has 0 N–H and O–H groups in total. The van der Waals surface area contributed by atoms with Gasteiger partial charge in [0.2, 0.25) is 0 Å². The predicted octanol–water partition coefficient (Wildman–Crippen LogP) is 23.5. The van der Waals surface area contributed by atoms with Crippen LogP contribution in [0.1, 0.15) is 297 Å². The van der Waals surface area contributed by atoms with Crippen molar-refractivity contribution in [3.8, 4) is 0 Å². The molecule has 0 saturated heterocycles. The highest BCUT2D eigenvalue weighted by Crippen LogP contribution is 2.16. The minimum absolute atomic E-state index is 0.104. The molecule has 1 atom stereocenters. The van der Waals surface area contributed by atoms with Gasteiger partial charge in [0.15, 0.2) is 6.10 Å². The van der Waals surface area contributed by atoms with E-state index in [2.05, 4.69) is 167 Å². The van der Waals surface area contributed by atoms with Crippen LogP contribution in [0.3, 0.4) is 0 Å². The summed E-state index contributed by atoms with van der Waals surface area (Å²) in [7, 11) is 0. The van der Waals surface area contributed by atoms with Gasteiger partial charge in [-0.1, -0.05) is 308 Å². The Morgan fingerprint density at radius 2 is 0.488 bits per heavy atom. The second-order valence-electron chi connectivity index (χ2n) is 22.0. The Balaban J connectivity index is 4.43. The van der Waals surface area contributed by atoms with Gasteiger partial charge in [-0.05, 0) is 116 Å². The molecular formula is C76H124O6. The molecule has 0 aliphatic carbocycles. The lowest BCUT2D eigenvalue weighted by molar-refractivity contribution is -0.167. The zero-order valence-corrected chi connectivity index (χ0v) is 53.2. The first-order valence-corrected chi connectivity index (χ1v) is 33.8. The summed E-state index contributed by atoms with van der Waals surface area (Å²) in [5.74, 6) is -0.968. The standard InChI is InChI=1S/C76H124O6/c1-4-7-10-13-16-19-22-25-28-31-33-34-35-36-37-38-39-40-41-42-43-46-48-51-54-57-60-63-66-69-75(78)81-72-73(71-80-74(77)68-65-62-59-56-53-50-47-44-30-27-24-21-18-15-12-9-6-3)82-76(79)70-67-64-61-58-55-52-49-45-32-29-26-23-20-17-14-11-8-5-2/h7,9-10,12,16,18-19,21,25,27-28,30,33-34,36-37,39-40,42-43,47,50,56,59,73H,4-6,8,11,13-15,17,20,22-24,26,29,31-32,35,38,41,44-46,48-49,51-55,57-58,60-72H2,1-3H3/b10-7-,12-9-,19-16-,21-18-,28-25-,30-27-,34-33-,37-36-,40-39-,43-42-,50-47-,59-56-. The largest absolute Gasteiger partial charge is 0.462 e. The molecule has 0 rings (SSSR count). The topological polar surface area (TPSA) is 78.9 Å². The fourth-order valence-electron chi connectivity index (χ4n) is 9.11. The Labute approximate surface area is 506 Å². The number of unbranched alkanes of at least 4 members (excludes halogenated alkanes) is 25. The van der Waals surface area contributed by atoms with Crippen LogP contribution < -0.4 is 0 Å². The SMILES string of the molecule is CC/C=C\C/C=C\C/C=C\C/C=C\C/C=C\C/C=C\C/C=C\CCCCCCCCCC(=O)OCC(COC(=O)CCC/C=C\C/C=C\C/C=C\C/C=C\C/C=C\CC)OC(=O)CCCCCCCCCCCCCCCCCCCC. The molecule has 6 nitrogen and oxygen atoms in total.